The van der Waals surface area contributed by atoms with E-state index in [4.69, 9.17) is 53.5 Å². The Morgan fingerprint density at radius 1 is 0.464 bits per heavy atom. The molecule has 2 aromatic rings. The van der Waals surface area contributed by atoms with Crippen molar-refractivity contribution in [3.05, 3.63) is 59.7 Å². The summed E-state index contributed by atoms with van der Waals surface area (Å²) in [7, 11) is 2.91. The molecule has 4 saturated heterocycles. The van der Waals surface area contributed by atoms with Gasteiger partial charge in [-0.1, -0.05) is 92.4 Å². The first kappa shape index (κ1) is 102. The first-order valence-corrected chi connectivity index (χ1v) is 47.5. The summed E-state index contributed by atoms with van der Waals surface area (Å²) in [6, 6.07) is -10.3. The molecule has 0 aromatic heterocycles. The molecule has 15 unspecified atom stereocenters. The Morgan fingerprint density at radius 2 is 0.848 bits per heavy atom. The van der Waals surface area contributed by atoms with Crippen molar-refractivity contribution in [2.24, 2.45) is 58.1 Å². The highest BCUT2D eigenvalue weighted by Crippen LogP contribution is 2.26. The molecule has 764 valence electrons. The van der Waals surface area contributed by atoms with Crippen LogP contribution in [0.25, 0.3) is 0 Å². The normalized spacial score (nSPS) is 24.8. The molecule has 0 aliphatic carbocycles. The van der Waals surface area contributed by atoms with Crippen LogP contribution in [-0.4, -0.2) is 288 Å². The Balaban J connectivity index is 0.000000514. The number of carbonyl (C=O) groups is 22. The zero-order chi connectivity index (χ0) is 110. The molecule has 4 fully saturated rings. The highest BCUT2D eigenvalue weighted by molar-refractivity contribution is 7.99. The summed E-state index contributed by atoms with van der Waals surface area (Å²) in [5, 5.41) is 34.0. The monoisotopic (exact) mass is 1980 g/mol. The second-order valence-corrected chi connectivity index (χ2v) is 36.8. The van der Waals surface area contributed by atoms with Crippen molar-refractivity contribution in [3.63, 3.8) is 0 Å². The molecule has 2 aromatic carbocycles. The second-order valence-electron chi connectivity index (χ2n) is 34.5. The van der Waals surface area contributed by atoms with Gasteiger partial charge in [-0.3, -0.25) is 105 Å². The van der Waals surface area contributed by atoms with Gasteiger partial charge in [-0.15, -0.1) is 0 Å². The minimum atomic E-state index is -4.12. The van der Waals surface area contributed by atoms with Gasteiger partial charge in [0.05, 0.1) is 41.5 Å². The molecule has 0 saturated carbocycles. The molecule has 4 aliphatic heterocycles. The van der Waals surface area contributed by atoms with Crippen LogP contribution in [0.4, 0.5) is 0 Å². The van der Waals surface area contributed by atoms with Crippen molar-refractivity contribution in [1.29, 1.82) is 0 Å². The minimum absolute atomic E-state index is 0.0286. The Morgan fingerprint density at radius 3 is 1.22 bits per heavy atom. The first-order chi connectivity index (χ1) is 68.3. The molecule has 4 aliphatic rings. The van der Waals surface area contributed by atoms with E-state index in [1.165, 1.54) is 33.0 Å². The molecule has 16 atom stereocenters. The van der Waals surface area contributed by atoms with Crippen LogP contribution >= 0.6 is 23.5 Å². The molecule has 6 rings (SSSR count). The standard InChI is InChI=1S/2C45H69N11O12S/c2*1-6-25(4)38-44(66)51-28(15-16-34(46)57)40(62)52-31(21-35(47)58)41(63)54-32(23-69-18-8-10-37(60)50-30(42(64)55-38)20-26-11-13-27(68-5)14-12-26)45(67)56-17-7-9-33(56)43(65)53-29(19-24(2)3)39(61)49-22-36(48)59/h2*11-14,24-25,28-33,38H,6-10,15-23H2,1-5H3,(H2,46,57)(H2,47,58)(H2,48,59)(H,49,61)(H,50,60)(H,51,66)(H,52,62)(H,53,65)(H,54,63)(H,55,64)/t25?,28-,29?,30?,31?,32?,33?,38?;/m1./s1/i15D2,16D2,28D;1D3. The van der Waals surface area contributed by atoms with Crippen LogP contribution in [0, 0.1) is 23.7 Å². The molecule has 22 amide bonds. The van der Waals surface area contributed by atoms with Crippen molar-refractivity contribution in [3.8, 4) is 11.5 Å². The maximum absolute atomic E-state index is 14.6. The van der Waals surface area contributed by atoms with E-state index in [-0.39, 0.29) is 125 Å². The molecule has 0 radical (unpaired) electrons. The van der Waals surface area contributed by atoms with Crippen molar-refractivity contribution in [1.82, 2.24) is 84.2 Å². The number of ether oxygens (including phenoxy) is 2. The average Bonchev–Trinajstić information content (AvgIpc) is 0.913. The predicted octanol–water partition coefficient (Wildman–Crippen LogP) is -5.00. The summed E-state index contributed by atoms with van der Waals surface area (Å²) in [5.74, 6) is -23.8. The fourth-order valence-corrected chi connectivity index (χ4v) is 16.8. The number of rotatable bonds is 36. The molecule has 0 bridgehead atoms. The number of amides is 22. The first-order valence-electron chi connectivity index (χ1n) is 49.2. The lowest BCUT2D eigenvalue weighted by molar-refractivity contribution is -0.142. The van der Waals surface area contributed by atoms with Crippen LogP contribution in [0.5, 0.6) is 11.5 Å². The predicted molar refractivity (Wildman–Crippen MR) is 506 cm³/mol. The summed E-state index contributed by atoms with van der Waals surface area (Å²) in [6.45, 7) is 8.08. The number of hydrogen-bond acceptors (Lipinski definition) is 26. The van der Waals surface area contributed by atoms with Gasteiger partial charge in [0.15, 0.2) is 0 Å². The summed E-state index contributed by atoms with van der Waals surface area (Å²) >= 11 is 2.20. The van der Waals surface area contributed by atoms with Crippen LogP contribution < -0.4 is 118 Å². The fraction of sp³-hybridized carbons (Fsp3) is 0.622. The van der Waals surface area contributed by atoms with E-state index in [0.29, 0.717) is 29.0 Å². The maximum atomic E-state index is 14.6. The lowest BCUT2D eigenvalue weighted by Gasteiger charge is -2.31. The zero-order valence-electron chi connectivity index (χ0n) is 86.8. The number of benzene rings is 2. The van der Waals surface area contributed by atoms with Crippen LogP contribution in [0.2, 0.25) is 0 Å². The largest absolute Gasteiger partial charge is 0.497 e. The highest BCUT2D eigenvalue weighted by atomic mass is 32.2. The number of carbonyl (C=O) groups excluding carboxylic acids is 22. The van der Waals surface area contributed by atoms with E-state index >= 15 is 0 Å². The molecule has 26 N–H and O–H groups in total. The lowest BCUT2D eigenvalue weighted by atomic mass is 9.96. The number of nitrogens with zero attached hydrogens (tertiary/aromatic N) is 2. The van der Waals surface area contributed by atoms with Crippen LogP contribution in [0.1, 0.15) is 193 Å². The number of hydrogen-bond donors (Lipinski definition) is 20. The van der Waals surface area contributed by atoms with Gasteiger partial charge < -0.3 is 128 Å². The SMILES string of the molecule is [2H]C([2H])(C(N)=O)C([2H])([2H])[C@@]1([2H])NC(=O)C(C(C)CC)NC(=O)C(Cc2ccc(OC)cc2)NC(=O)CCCSCC(C(=O)N2CCCC2C(=O)NC(CC(C)C)C(=O)NCC(N)=O)NC(=O)C(CC(N)=O)NC1=O.[2H]C([2H])([2H])CC(C)C1NC(=O)C(Cc2ccc(OC)cc2)NC(=O)CCCSCC(C(=O)N2CCCC2C(=O)NC(CC(C)C)C(=O)NCC(N)=O)NC(=O)C(CC(N)=O)NC(=O)C(CCC(N)=O)NC1=O. The second kappa shape index (κ2) is 58.6. The molecule has 46 nitrogen and oxygen atoms in total. The van der Waals surface area contributed by atoms with Crippen LogP contribution in [-0.2, 0) is 118 Å². The molecule has 0 spiro atoms. The number of likely N-dealkylation sites (tertiary alicyclic amines) is 2. The average molecular weight is 1980 g/mol. The Bertz CT molecular complexity index is 5000. The van der Waals surface area contributed by atoms with Gasteiger partial charge in [0.25, 0.3) is 0 Å². The van der Waals surface area contributed by atoms with Gasteiger partial charge in [0.1, 0.15) is 96.1 Å². The summed E-state index contributed by atoms with van der Waals surface area (Å²) in [4.78, 5) is 298. The highest BCUT2D eigenvalue weighted by Gasteiger charge is 2.45. The fourth-order valence-electron chi connectivity index (χ4n) is 14.9. The molecular weight excluding hydrogens is 1840 g/mol. The molecule has 4 heterocycles. The van der Waals surface area contributed by atoms with Crippen molar-refractivity contribution in [2.45, 2.75) is 268 Å². The third kappa shape index (κ3) is 39.7. The third-order valence-corrected chi connectivity index (χ3v) is 24.6. The van der Waals surface area contributed by atoms with Gasteiger partial charge >= 0.3 is 0 Å². The van der Waals surface area contributed by atoms with E-state index in [1.54, 1.807) is 69.3 Å². The smallest absolute Gasteiger partial charge is 0.246 e. The molecule has 138 heavy (non-hydrogen) atoms. The Kier molecular flexibility index (Phi) is 43.5. The summed E-state index contributed by atoms with van der Waals surface area (Å²) in [6.07, 6.45) is -10.5. The van der Waals surface area contributed by atoms with Gasteiger partial charge in [0.2, 0.25) is 130 Å². The number of nitrogens with two attached hydrogens (primary N) is 6. The number of nitrogens with one attached hydrogen (secondary N) is 14. The van der Waals surface area contributed by atoms with Crippen molar-refractivity contribution < 1.29 is 126 Å². The maximum Gasteiger partial charge on any atom is 0.246 e. The third-order valence-electron chi connectivity index (χ3n) is 22.3. The number of thioether (sulfide) groups is 2. The molecule has 48 heteroatoms. The molecular formula is C90H138N22O24S2. The van der Waals surface area contributed by atoms with E-state index in [0.717, 1.165) is 28.4 Å². The van der Waals surface area contributed by atoms with E-state index in [1.807, 2.05) is 24.5 Å². The van der Waals surface area contributed by atoms with Crippen LogP contribution in [0.3, 0.4) is 0 Å². The van der Waals surface area contributed by atoms with Gasteiger partial charge in [-0.25, -0.2) is 0 Å². The topological polar surface area (TPSA) is 725 Å². The van der Waals surface area contributed by atoms with Gasteiger partial charge in [0, 0.05) is 72.7 Å². The summed E-state index contributed by atoms with van der Waals surface area (Å²) in [5.41, 5.74) is 33.1. The van der Waals surface area contributed by atoms with Gasteiger partial charge in [-0.2, -0.15) is 23.5 Å². The van der Waals surface area contributed by atoms with Gasteiger partial charge in [-0.05, 0) is 135 Å². The zero-order valence-corrected chi connectivity index (χ0v) is 80.4. The lowest BCUT2D eigenvalue weighted by Crippen LogP contribution is -2.61. The van der Waals surface area contributed by atoms with Crippen LogP contribution in [0.15, 0.2) is 48.5 Å². The van der Waals surface area contributed by atoms with E-state index in [2.05, 4.69) is 63.8 Å². The van der Waals surface area contributed by atoms with Crippen molar-refractivity contribution >= 4 is 153 Å². The Hall–Kier alpha value is -12.9. The van der Waals surface area contributed by atoms with E-state index in [9.17, 15) is 107 Å². The van der Waals surface area contributed by atoms with Crippen molar-refractivity contribution in [2.75, 3.05) is 63.4 Å². The van der Waals surface area contributed by atoms with E-state index < -0.39 is 291 Å². The quantitative estimate of drug-likeness (QED) is 0.0304. The minimum Gasteiger partial charge on any atom is -0.497 e. The summed E-state index contributed by atoms with van der Waals surface area (Å²) < 4.78 is 77.5. The Labute approximate surface area is 820 Å². The number of methoxy groups -OCH3 is 2. The number of primary amides is 6.